The summed E-state index contributed by atoms with van der Waals surface area (Å²) in [5, 5.41) is 12.5. The van der Waals surface area contributed by atoms with Crippen molar-refractivity contribution in [3.8, 4) is 0 Å². The summed E-state index contributed by atoms with van der Waals surface area (Å²) in [5.41, 5.74) is 2.86. The van der Waals surface area contributed by atoms with Gasteiger partial charge in [-0.2, -0.15) is 0 Å². The average Bonchev–Trinajstić information content (AvgIpc) is 3.34. The summed E-state index contributed by atoms with van der Waals surface area (Å²) in [7, 11) is 0. The third kappa shape index (κ3) is 5.74. The minimum atomic E-state index is -0.0940. The summed E-state index contributed by atoms with van der Waals surface area (Å²) in [6.45, 7) is 8.82. The van der Waals surface area contributed by atoms with E-state index < -0.39 is 0 Å². The molecular weight excluding hydrogens is 464 g/mol. The quantitative estimate of drug-likeness (QED) is 0.355. The molecular formula is C29H36N6O2. The van der Waals surface area contributed by atoms with E-state index in [9.17, 15) is 9.59 Å². The maximum atomic E-state index is 13.4. The van der Waals surface area contributed by atoms with Gasteiger partial charge in [0.05, 0.1) is 17.4 Å². The average molecular weight is 501 g/mol. The van der Waals surface area contributed by atoms with E-state index in [2.05, 4.69) is 27.3 Å². The molecule has 1 fully saturated rings. The molecule has 0 aliphatic carbocycles. The van der Waals surface area contributed by atoms with Gasteiger partial charge in [-0.25, -0.2) is 0 Å². The Hall–Kier alpha value is -3.52. The lowest BCUT2D eigenvalue weighted by Gasteiger charge is -2.30. The first-order valence-electron chi connectivity index (χ1n) is 13.4. The van der Waals surface area contributed by atoms with E-state index in [0.29, 0.717) is 42.9 Å². The van der Waals surface area contributed by atoms with Crippen LogP contribution in [0.3, 0.4) is 0 Å². The van der Waals surface area contributed by atoms with Gasteiger partial charge in [0.1, 0.15) is 5.82 Å². The minimum Gasteiger partial charge on any atom is -0.356 e. The molecule has 1 saturated heterocycles. The van der Waals surface area contributed by atoms with Gasteiger partial charge in [-0.15, -0.1) is 10.2 Å². The van der Waals surface area contributed by atoms with Crippen LogP contribution in [0.25, 0.3) is 16.7 Å². The number of para-hydroxylation sites is 1. The molecule has 5 rings (SSSR count). The van der Waals surface area contributed by atoms with Gasteiger partial charge in [-0.3, -0.25) is 18.6 Å². The molecule has 0 bridgehead atoms. The first kappa shape index (κ1) is 25.1. The highest BCUT2D eigenvalue weighted by atomic mass is 16.1. The van der Waals surface area contributed by atoms with E-state index in [1.165, 1.54) is 18.4 Å². The second-order valence-electron chi connectivity index (χ2n) is 10.4. The summed E-state index contributed by atoms with van der Waals surface area (Å²) >= 11 is 0. The van der Waals surface area contributed by atoms with Gasteiger partial charge in [0.15, 0.2) is 0 Å². The molecule has 2 aromatic heterocycles. The van der Waals surface area contributed by atoms with Crippen LogP contribution in [0.4, 0.5) is 0 Å². The van der Waals surface area contributed by atoms with Crippen LogP contribution in [0.15, 0.2) is 53.3 Å². The standard InChI is InChI=1S/C29H36N6O2/c1-21-8-10-23(11-9-21)20-34-28(37)24-6-3-4-7-25(24)35-26(31-32-29(34)35)12-13-27(36)30-16-5-17-33-18-14-22(2)15-19-33/h3-4,6-11,22H,5,12-20H2,1-2H3,(H,30,36). The molecule has 37 heavy (non-hydrogen) atoms. The van der Waals surface area contributed by atoms with Crippen LogP contribution in [0.5, 0.6) is 0 Å². The third-order valence-corrected chi connectivity index (χ3v) is 7.46. The number of aryl methyl sites for hydroxylation is 2. The van der Waals surface area contributed by atoms with Crippen molar-refractivity contribution in [2.45, 2.75) is 52.5 Å². The second-order valence-corrected chi connectivity index (χ2v) is 10.4. The Kier molecular flexibility index (Phi) is 7.65. The molecule has 2 aromatic carbocycles. The number of amides is 1. The van der Waals surface area contributed by atoms with Gasteiger partial charge in [0.2, 0.25) is 11.7 Å². The number of likely N-dealkylation sites (tertiary alicyclic amines) is 1. The molecule has 8 nitrogen and oxygen atoms in total. The van der Waals surface area contributed by atoms with E-state index in [4.69, 9.17) is 0 Å². The lowest BCUT2D eigenvalue weighted by molar-refractivity contribution is -0.121. The zero-order valence-electron chi connectivity index (χ0n) is 21.8. The molecule has 1 aliphatic heterocycles. The van der Waals surface area contributed by atoms with E-state index >= 15 is 0 Å². The zero-order valence-corrected chi connectivity index (χ0v) is 21.8. The van der Waals surface area contributed by atoms with Gasteiger partial charge in [-0.05, 0) is 69.4 Å². The highest BCUT2D eigenvalue weighted by Gasteiger charge is 2.18. The van der Waals surface area contributed by atoms with Crippen molar-refractivity contribution >= 4 is 22.6 Å². The largest absolute Gasteiger partial charge is 0.356 e. The topological polar surface area (TPSA) is 84.5 Å². The second kappa shape index (κ2) is 11.3. The monoisotopic (exact) mass is 500 g/mol. The number of rotatable bonds is 9. The van der Waals surface area contributed by atoms with Crippen molar-refractivity contribution in [1.82, 2.24) is 29.4 Å². The van der Waals surface area contributed by atoms with Crippen LogP contribution in [0, 0.1) is 12.8 Å². The van der Waals surface area contributed by atoms with Crippen molar-refractivity contribution in [2.75, 3.05) is 26.2 Å². The van der Waals surface area contributed by atoms with Gasteiger partial charge in [0.25, 0.3) is 5.56 Å². The smallest absolute Gasteiger partial charge is 0.263 e. The molecule has 8 heteroatoms. The predicted molar refractivity (Wildman–Crippen MR) is 146 cm³/mol. The van der Waals surface area contributed by atoms with E-state index in [0.717, 1.165) is 43.1 Å². The molecule has 0 spiro atoms. The highest BCUT2D eigenvalue weighted by Crippen LogP contribution is 2.17. The predicted octanol–water partition coefficient (Wildman–Crippen LogP) is 3.57. The van der Waals surface area contributed by atoms with E-state index in [1.807, 2.05) is 59.9 Å². The first-order chi connectivity index (χ1) is 18.0. The molecule has 4 aromatic rings. The third-order valence-electron chi connectivity index (χ3n) is 7.46. The Morgan fingerprint density at radius 2 is 1.81 bits per heavy atom. The Balaban J connectivity index is 1.28. The fourth-order valence-corrected chi connectivity index (χ4v) is 5.12. The molecule has 0 atom stereocenters. The Morgan fingerprint density at radius 3 is 2.59 bits per heavy atom. The maximum absolute atomic E-state index is 13.4. The minimum absolute atomic E-state index is 0.0151. The number of nitrogens with zero attached hydrogens (tertiary/aromatic N) is 5. The first-order valence-corrected chi connectivity index (χ1v) is 13.4. The number of piperidine rings is 1. The highest BCUT2D eigenvalue weighted by molar-refractivity contribution is 5.80. The van der Waals surface area contributed by atoms with Gasteiger partial charge in [-0.1, -0.05) is 48.9 Å². The lowest BCUT2D eigenvalue weighted by atomic mass is 9.99. The van der Waals surface area contributed by atoms with Crippen molar-refractivity contribution < 1.29 is 4.79 Å². The van der Waals surface area contributed by atoms with Crippen LogP contribution in [-0.4, -0.2) is 56.2 Å². The van der Waals surface area contributed by atoms with Crippen LogP contribution in [0.1, 0.15) is 49.6 Å². The molecule has 1 amide bonds. The Morgan fingerprint density at radius 1 is 1.05 bits per heavy atom. The van der Waals surface area contributed by atoms with Gasteiger partial charge >= 0.3 is 0 Å². The van der Waals surface area contributed by atoms with Crippen molar-refractivity contribution in [1.29, 1.82) is 0 Å². The summed E-state index contributed by atoms with van der Waals surface area (Å²) in [6.07, 6.45) is 4.28. The fourth-order valence-electron chi connectivity index (χ4n) is 5.12. The number of benzene rings is 2. The van der Waals surface area contributed by atoms with Crippen LogP contribution in [0.2, 0.25) is 0 Å². The summed E-state index contributed by atoms with van der Waals surface area (Å²) in [5.74, 6) is 2.02. The number of fused-ring (bicyclic) bond motifs is 3. The van der Waals surface area contributed by atoms with Gasteiger partial charge < -0.3 is 10.2 Å². The van der Waals surface area contributed by atoms with Gasteiger partial charge in [0, 0.05) is 19.4 Å². The number of carbonyl (C=O) groups excluding carboxylic acids is 1. The molecule has 0 radical (unpaired) electrons. The molecule has 0 unspecified atom stereocenters. The molecule has 3 heterocycles. The SMILES string of the molecule is Cc1ccc(Cn2c(=O)c3ccccc3n3c(CCC(=O)NCCCN4CCC(C)CC4)nnc23)cc1. The number of aromatic nitrogens is 4. The van der Waals surface area contributed by atoms with E-state index in [1.54, 1.807) is 4.57 Å². The number of hydrogen-bond donors (Lipinski definition) is 1. The molecule has 1 N–H and O–H groups in total. The Labute approximate surface area is 217 Å². The molecule has 0 saturated carbocycles. The van der Waals surface area contributed by atoms with Crippen LogP contribution in [-0.2, 0) is 17.8 Å². The van der Waals surface area contributed by atoms with Crippen molar-refractivity contribution in [3.05, 3.63) is 75.8 Å². The lowest BCUT2D eigenvalue weighted by Crippen LogP contribution is -2.35. The van der Waals surface area contributed by atoms with E-state index in [-0.39, 0.29) is 11.5 Å². The van der Waals surface area contributed by atoms with Crippen LogP contribution >= 0.6 is 0 Å². The number of carbonyl (C=O) groups is 1. The fraction of sp³-hybridized carbons (Fsp3) is 0.448. The molecule has 1 aliphatic rings. The maximum Gasteiger partial charge on any atom is 0.263 e. The summed E-state index contributed by atoms with van der Waals surface area (Å²) in [4.78, 5) is 28.5. The van der Waals surface area contributed by atoms with Crippen molar-refractivity contribution in [2.24, 2.45) is 5.92 Å². The normalized spacial score (nSPS) is 15.0. The Bertz CT molecular complexity index is 1430. The summed E-state index contributed by atoms with van der Waals surface area (Å²) < 4.78 is 3.60. The number of nitrogens with one attached hydrogen (secondary N) is 1. The summed E-state index contributed by atoms with van der Waals surface area (Å²) in [6, 6.07) is 15.7. The molecule has 194 valence electrons. The van der Waals surface area contributed by atoms with Crippen molar-refractivity contribution in [3.63, 3.8) is 0 Å². The van der Waals surface area contributed by atoms with Crippen LogP contribution < -0.4 is 10.9 Å². The number of hydrogen-bond acceptors (Lipinski definition) is 5. The zero-order chi connectivity index (χ0) is 25.8.